The molecular formula is C56H54N4O4S4. The predicted octanol–water partition coefficient (Wildman–Crippen LogP) is 14.8. The van der Waals surface area contributed by atoms with Crippen molar-refractivity contribution in [3.63, 3.8) is 0 Å². The first-order valence-electron chi connectivity index (χ1n) is 23.1. The lowest BCUT2D eigenvalue weighted by atomic mass is 9.98. The topological polar surface area (TPSA) is 94.3 Å². The summed E-state index contributed by atoms with van der Waals surface area (Å²) in [4.78, 5) is 18.4. The number of hydrogen-bond acceptors (Lipinski definition) is 10. The fourth-order valence-corrected chi connectivity index (χ4v) is 12.8. The monoisotopic (exact) mass is 974 g/mol. The standard InChI is InChI=1S/C56H54N4O4S4/c1-35-25-43-31-44-27-37(3)55(59-44)52-42-12-6-10-40(30-42)34-68-66-24-22-62-18-20-64-50-16-8-13-47-48(50)14-7-15-49(47)63-19-17-61-21-23-65-67-33-39-9-5-11-41(29-39)51(53(35)57-43)54-36(2)26-45(58-54)32-46-28-38(4)56(52)60-46/h5-16,25-32,57,59H,17-24,33-34H2,1-4H3. The van der Waals surface area contributed by atoms with Crippen molar-refractivity contribution in [3.8, 4) is 33.8 Å². The molecule has 68 heavy (non-hydrogen) atoms. The van der Waals surface area contributed by atoms with Crippen LogP contribution in [0, 0.1) is 13.8 Å². The van der Waals surface area contributed by atoms with Gasteiger partial charge in [-0.1, -0.05) is 116 Å². The van der Waals surface area contributed by atoms with E-state index < -0.39 is 0 Å². The molecule has 0 radical (unpaired) electrons. The molecule has 2 N–H and O–H groups in total. The lowest BCUT2D eigenvalue weighted by molar-refractivity contribution is 0.112. The van der Waals surface area contributed by atoms with Gasteiger partial charge in [0.05, 0.1) is 60.2 Å². The van der Waals surface area contributed by atoms with Crippen molar-refractivity contribution < 1.29 is 18.9 Å². The fourth-order valence-electron chi connectivity index (χ4n) is 8.98. The first kappa shape index (κ1) is 46.4. The number of ether oxygens (including phenoxy) is 4. The number of aromatic nitrogens is 4. The van der Waals surface area contributed by atoms with Gasteiger partial charge in [0.1, 0.15) is 24.7 Å². The highest BCUT2D eigenvalue weighted by atomic mass is 33.1. The van der Waals surface area contributed by atoms with Crippen LogP contribution in [0.25, 0.3) is 78.4 Å². The second kappa shape index (κ2) is 21.5. The average molecular weight is 975 g/mol. The normalized spacial score (nSPS) is 15.7. The van der Waals surface area contributed by atoms with Gasteiger partial charge in [-0.15, -0.1) is 0 Å². The molecule has 3 aromatic heterocycles. The number of rotatable bonds is 0. The van der Waals surface area contributed by atoms with E-state index in [0.717, 1.165) is 135 Å². The van der Waals surface area contributed by atoms with Crippen LogP contribution in [0.2, 0.25) is 0 Å². The molecule has 7 aromatic rings. The van der Waals surface area contributed by atoms with Crippen molar-refractivity contribution >= 4 is 99.3 Å². The first-order valence-corrected chi connectivity index (χ1v) is 28.1. The molecule has 0 amide bonds. The van der Waals surface area contributed by atoms with E-state index >= 15 is 0 Å². The predicted molar refractivity (Wildman–Crippen MR) is 293 cm³/mol. The molecule has 0 saturated heterocycles. The van der Waals surface area contributed by atoms with Gasteiger partial charge in [0.2, 0.25) is 0 Å². The van der Waals surface area contributed by atoms with E-state index in [0.29, 0.717) is 39.6 Å². The van der Waals surface area contributed by atoms with Gasteiger partial charge in [-0.3, -0.25) is 0 Å². The summed E-state index contributed by atoms with van der Waals surface area (Å²) >= 11 is 0. The highest BCUT2D eigenvalue weighted by Gasteiger charge is 2.20. The van der Waals surface area contributed by atoms with Gasteiger partial charge in [0.15, 0.2) is 0 Å². The van der Waals surface area contributed by atoms with Gasteiger partial charge in [-0.2, -0.15) is 0 Å². The zero-order valence-electron chi connectivity index (χ0n) is 38.8. The number of hydrogen-bond donors (Lipinski definition) is 2. The third kappa shape index (κ3) is 10.6. The third-order valence-corrected chi connectivity index (χ3v) is 16.7. The molecule has 7 heterocycles. The van der Waals surface area contributed by atoms with Crippen LogP contribution in [0.15, 0.2) is 109 Å². The van der Waals surface area contributed by atoms with E-state index in [1.807, 2.05) is 67.4 Å². The van der Waals surface area contributed by atoms with E-state index in [1.54, 1.807) is 0 Å². The Balaban J connectivity index is 1.00. The summed E-state index contributed by atoms with van der Waals surface area (Å²) in [6.45, 7) is 12.0. The van der Waals surface area contributed by atoms with Crippen LogP contribution >= 0.6 is 43.2 Å². The maximum absolute atomic E-state index is 6.22. The maximum Gasteiger partial charge on any atom is 0.127 e. The molecule has 4 aliphatic heterocycles. The molecule has 346 valence electrons. The third-order valence-electron chi connectivity index (χ3n) is 12.1. The lowest BCUT2D eigenvalue weighted by Gasteiger charge is -2.13. The van der Waals surface area contributed by atoms with Gasteiger partial charge in [-0.05, 0) is 121 Å². The van der Waals surface area contributed by atoms with Crippen molar-refractivity contribution in [3.05, 3.63) is 154 Å². The van der Waals surface area contributed by atoms with E-state index in [4.69, 9.17) is 28.9 Å². The minimum Gasteiger partial charge on any atom is -0.491 e. The number of allylic oxidation sites excluding steroid dienone is 2. The first-order chi connectivity index (χ1) is 33.3. The molecule has 4 aliphatic rings. The number of aromatic amines is 2. The zero-order chi connectivity index (χ0) is 46.4. The van der Waals surface area contributed by atoms with Crippen molar-refractivity contribution in [2.75, 3.05) is 51.1 Å². The Kier molecular flexibility index (Phi) is 14.7. The molecule has 11 rings (SSSR count). The van der Waals surface area contributed by atoms with E-state index in [1.165, 1.54) is 11.1 Å². The summed E-state index contributed by atoms with van der Waals surface area (Å²) in [5.41, 5.74) is 19.4. The molecule has 0 aliphatic carbocycles. The van der Waals surface area contributed by atoms with E-state index in [9.17, 15) is 0 Å². The van der Waals surface area contributed by atoms with Gasteiger partial charge in [0, 0.05) is 55.9 Å². The Labute approximate surface area is 414 Å². The highest BCUT2D eigenvalue weighted by molar-refractivity contribution is 8.76. The van der Waals surface area contributed by atoms with Crippen LogP contribution in [0.4, 0.5) is 0 Å². The molecule has 0 spiro atoms. The number of aryl methyl sites for hydroxylation is 2. The number of fused-ring (bicyclic) bond motifs is 16. The zero-order valence-corrected chi connectivity index (χ0v) is 42.0. The Morgan fingerprint density at radius 2 is 0.941 bits per heavy atom. The second-order valence-corrected chi connectivity index (χ2v) is 22.3. The van der Waals surface area contributed by atoms with Crippen molar-refractivity contribution in [2.45, 2.75) is 39.2 Å². The molecule has 18 bridgehead atoms. The quantitative estimate of drug-likeness (QED) is 0.143. The Hall–Kier alpha value is -5.34. The van der Waals surface area contributed by atoms with Crippen LogP contribution in [0.1, 0.15) is 58.9 Å². The van der Waals surface area contributed by atoms with Crippen LogP contribution in [-0.2, 0) is 21.0 Å². The molecule has 4 aromatic carbocycles. The lowest BCUT2D eigenvalue weighted by Crippen LogP contribution is -2.09. The molecule has 0 saturated carbocycles. The van der Waals surface area contributed by atoms with Crippen LogP contribution in [-0.4, -0.2) is 71.1 Å². The van der Waals surface area contributed by atoms with Crippen molar-refractivity contribution in [1.82, 2.24) is 19.9 Å². The van der Waals surface area contributed by atoms with Crippen LogP contribution < -0.4 is 9.47 Å². The number of nitrogens with one attached hydrogen (secondary N) is 2. The number of H-pyrrole nitrogens is 2. The van der Waals surface area contributed by atoms with Gasteiger partial charge in [-0.25, -0.2) is 9.97 Å². The summed E-state index contributed by atoms with van der Waals surface area (Å²) in [5.74, 6) is 5.14. The van der Waals surface area contributed by atoms with Gasteiger partial charge in [0.25, 0.3) is 0 Å². The minimum absolute atomic E-state index is 0.471. The largest absolute Gasteiger partial charge is 0.491 e. The second-order valence-electron chi connectivity index (χ2n) is 17.1. The molecule has 8 nitrogen and oxygen atoms in total. The SMILES string of the molecule is CC1=Cc2cc3nc(c4c5[nH]c(cc5C)cc5cc(C)c([nH]5)c(c1n2)-c1cccc(c1)CSSCCOCCOc1cccc2c(cccc12)OCCOCCSSCc1cccc-4c1)C(C)=C3. The molecule has 12 heteroatoms. The number of nitrogens with zero attached hydrogens (tertiary/aromatic N) is 2. The summed E-state index contributed by atoms with van der Waals surface area (Å²) in [6, 6.07) is 38.9. The van der Waals surface area contributed by atoms with Crippen LogP contribution in [0.5, 0.6) is 11.5 Å². The van der Waals surface area contributed by atoms with Crippen molar-refractivity contribution in [1.29, 1.82) is 0 Å². The van der Waals surface area contributed by atoms with Crippen LogP contribution in [0.3, 0.4) is 0 Å². The minimum atomic E-state index is 0.471. The maximum atomic E-state index is 6.22. The molecule has 0 fully saturated rings. The molecular weight excluding hydrogens is 921 g/mol. The summed E-state index contributed by atoms with van der Waals surface area (Å²) < 4.78 is 24.4. The highest BCUT2D eigenvalue weighted by Crippen LogP contribution is 2.40. The molecule has 0 atom stereocenters. The fraction of sp³-hybridized carbons (Fsp3) is 0.250. The summed E-state index contributed by atoms with van der Waals surface area (Å²) in [6.07, 6.45) is 4.38. The summed E-state index contributed by atoms with van der Waals surface area (Å²) in [7, 11) is 7.36. The Bertz CT molecular complexity index is 3020. The van der Waals surface area contributed by atoms with E-state index in [-0.39, 0.29) is 0 Å². The average Bonchev–Trinajstić information content (AvgIpc) is 4.09. The smallest absolute Gasteiger partial charge is 0.127 e. The van der Waals surface area contributed by atoms with Gasteiger partial charge >= 0.3 is 0 Å². The van der Waals surface area contributed by atoms with Gasteiger partial charge < -0.3 is 28.9 Å². The van der Waals surface area contributed by atoms with E-state index in [2.05, 4.69) is 135 Å². The Morgan fingerprint density at radius 3 is 1.43 bits per heavy atom. The van der Waals surface area contributed by atoms with Crippen molar-refractivity contribution in [2.24, 2.45) is 0 Å². The number of benzene rings is 4. The molecule has 0 unspecified atom stereocenters. The Morgan fingerprint density at radius 1 is 0.471 bits per heavy atom. The summed E-state index contributed by atoms with van der Waals surface area (Å²) in [5, 5.41) is 2.04.